The molecular weight excluding hydrogens is 164 g/mol. The molecule has 0 heterocycles. The molecule has 0 aliphatic heterocycles. The van der Waals surface area contributed by atoms with Crippen LogP contribution >= 0.6 is 0 Å². The van der Waals surface area contributed by atoms with E-state index in [-0.39, 0.29) is 6.42 Å². The average molecular weight is 180 g/mol. The van der Waals surface area contributed by atoms with Crippen molar-refractivity contribution in [1.29, 1.82) is 0 Å². The summed E-state index contributed by atoms with van der Waals surface area (Å²) >= 11 is 0. The lowest BCUT2D eigenvalue weighted by Crippen LogP contribution is -1.93. The van der Waals surface area contributed by atoms with Crippen molar-refractivity contribution in [2.75, 3.05) is 0 Å². The van der Waals surface area contributed by atoms with Gasteiger partial charge in [0, 0.05) is 6.42 Å². The van der Waals surface area contributed by atoms with E-state index < -0.39 is 5.97 Å². The third-order valence-electron chi connectivity index (χ3n) is 1.49. The summed E-state index contributed by atoms with van der Waals surface area (Å²) in [7, 11) is 0. The molecular formula is C11H16O2. The van der Waals surface area contributed by atoms with Crippen LogP contribution in [0.4, 0.5) is 0 Å². The zero-order chi connectivity index (χ0) is 10.3. The van der Waals surface area contributed by atoms with E-state index in [1.54, 1.807) is 0 Å². The maximum Gasteiger partial charge on any atom is 0.303 e. The van der Waals surface area contributed by atoms with Crippen molar-refractivity contribution in [3.8, 4) is 0 Å². The molecule has 0 aromatic heterocycles. The Labute approximate surface area is 79.3 Å². The molecule has 0 atom stereocenters. The van der Waals surface area contributed by atoms with Crippen LogP contribution in [0, 0.1) is 0 Å². The SMILES string of the molecule is C=C(C)C=CC(=C)CCCC(=O)O. The minimum absolute atomic E-state index is 0.208. The fourth-order valence-corrected chi connectivity index (χ4v) is 0.810. The monoisotopic (exact) mass is 180 g/mol. The van der Waals surface area contributed by atoms with Crippen molar-refractivity contribution in [3.05, 3.63) is 36.5 Å². The predicted molar refractivity (Wildman–Crippen MR) is 54.6 cm³/mol. The lowest BCUT2D eigenvalue weighted by molar-refractivity contribution is -0.137. The highest BCUT2D eigenvalue weighted by Crippen LogP contribution is 2.07. The fraction of sp³-hybridized carbons (Fsp3) is 0.364. The molecule has 1 N–H and O–H groups in total. The molecule has 0 aliphatic rings. The van der Waals surface area contributed by atoms with Gasteiger partial charge < -0.3 is 5.11 Å². The molecule has 2 heteroatoms. The Bertz CT molecular complexity index is 236. The highest BCUT2D eigenvalue weighted by molar-refractivity contribution is 5.66. The molecule has 0 radical (unpaired) electrons. The standard InChI is InChI=1S/C11H16O2/c1-9(2)7-8-10(3)5-4-6-11(12)13/h7-8H,1,3-6H2,2H3,(H,12,13). The summed E-state index contributed by atoms with van der Waals surface area (Å²) in [5, 5.41) is 8.38. The predicted octanol–water partition coefficient (Wildman–Crippen LogP) is 2.93. The Morgan fingerprint density at radius 1 is 1.31 bits per heavy atom. The number of aliphatic carboxylic acids is 1. The largest absolute Gasteiger partial charge is 0.481 e. The van der Waals surface area contributed by atoms with Crippen LogP contribution in [0.1, 0.15) is 26.2 Å². The van der Waals surface area contributed by atoms with Gasteiger partial charge in [-0.2, -0.15) is 0 Å². The molecule has 0 aromatic carbocycles. The highest BCUT2D eigenvalue weighted by Gasteiger charge is 1.96. The van der Waals surface area contributed by atoms with Crippen LogP contribution in [0.15, 0.2) is 36.5 Å². The average Bonchev–Trinajstić information content (AvgIpc) is 2.00. The molecule has 0 aliphatic carbocycles. The number of carboxylic acids is 1. The van der Waals surface area contributed by atoms with E-state index in [0.29, 0.717) is 6.42 Å². The van der Waals surface area contributed by atoms with Crippen molar-refractivity contribution in [2.45, 2.75) is 26.2 Å². The van der Waals surface area contributed by atoms with Gasteiger partial charge in [0.15, 0.2) is 0 Å². The van der Waals surface area contributed by atoms with Gasteiger partial charge in [0.05, 0.1) is 0 Å². The number of rotatable bonds is 6. The Morgan fingerprint density at radius 3 is 2.38 bits per heavy atom. The second-order valence-electron chi connectivity index (χ2n) is 3.09. The molecule has 0 saturated heterocycles. The van der Waals surface area contributed by atoms with Crippen LogP contribution in [0.25, 0.3) is 0 Å². The lowest BCUT2D eigenvalue weighted by atomic mass is 10.1. The summed E-state index contributed by atoms with van der Waals surface area (Å²) in [6, 6.07) is 0. The Balaban J connectivity index is 3.64. The zero-order valence-electron chi connectivity index (χ0n) is 8.05. The quantitative estimate of drug-likeness (QED) is 0.638. The number of allylic oxidation sites excluding steroid dienone is 4. The normalized spacial score (nSPS) is 10.2. The third-order valence-corrected chi connectivity index (χ3v) is 1.49. The number of carboxylic acid groups (broad SMARTS) is 1. The summed E-state index contributed by atoms with van der Waals surface area (Å²) in [6.45, 7) is 9.42. The first-order valence-corrected chi connectivity index (χ1v) is 4.25. The van der Waals surface area contributed by atoms with Crippen LogP contribution in [-0.2, 0) is 4.79 Å². The van der Waals surface area contributed by atoms with Gasteiger partial charge in [-0.3, -0.25) is 4.79 Å². The van der Waals surface area contributed by atoms with Crippen LogP contribution in [0.2, 0.25) is 0 Å². The van der Waals surface area contributed by atoms with Crippen LogP contribution in [0.5, 0.6) is 0 Å². The fourth-order valence-electron chi connectivity index (χ4n) is 0.810. The van der Waals surface area contributed by atoms with Crippen LogP contribution in [0.3, 0.4) is 0 Å². The number of hydrogen-bond acceptors (Lipinski definition) is 1. The summed E-state index contributed by atoms with van der Waals surface area (Å²) in [4.78, 5) is 10.2. The van der Waals surface area contributed by atoms with Crippen molar-refractivity contribution in [2.24, 2.45) is 0 Å². The van der Waals surface area contributed by atoms with Gasteiger partial charge in [-0.05, 0) is 19.8 Å². The smallest absolute Gasteiger partial charge is 0.303 e. The first kappa shape index (κ1) is 11.7. The molecule has 0 fully saturated rings. The van der Waals surface area contributed by atoms with Crippen LogP contribution < -0.4 is 0 Å². The molecule has 0 amide bonds. The maximum atomic E-state index is 10.2. The van der Waals surface area contributed by atoms with E-state index in [4.69, 9.17) is 5.11 Å². The summed E-state index contributed by atoms with van der Waals surface area (Å²) in [5.74, 6) is -0.753. The van der Waals surface area contributed by atoms with Crippen LogP contribution in [-0.4, -0.2) is 11.1 Å². The maximum absolute atomic E-state index is 10.2. The zero-order valence-corrected chi connectivity index (χ0v) is 8.05. The van der Waals surface area contributed by atoms with E-state index in [2.05, 4.69) is 13.2 Å². The minimum Gasteiger partial charge on any atom is -0.481 e. The van der Waals surface area contributed by atoms with Crippen molar-refractivity contribution in [3.63, 3.8) is 0 Å². The summed E-state index contributed by atoms with van der Waals surface area (Å²) < 4.78 is 0. The Hall–Kier alpha value is -1.31. The molecule has 13 heavy (non-hydrogen) atoms. The topological polar surface area (TPSA) is 37.3 Å². The van der Waals surface area contributed by atoms with Crippen molar-refractivity contribution in [1.82, 2.24) is 0 Å². The molecule has 2 nitrogen and oxygen atoms in total. The first-order chi connectivity index (χ1) is 6.02. The number of hydrogen-bond donors (Lipinski definition) is 1. The van der Waals surface area contributed by atoms with Gasteiger partial charge in [0.25, 0.3) is 0 Å². The van der Waals surface area contributed by atoms with E-state index in [1.165, 1.54) is 0 Å². The molecule has 0 spiro atoms. The lowest BCUT2D eigenvalue weighted by Gasteiger charge is -1.97. The van der Waals surface area contributed by atoms with E-state index in [1.807, 2.05) is 19.1 Å². The minimum atomic E-state index is -0.753. The summed E-state index contributed by atoms with van der Waals surface area (Å²) in [5.41, 5.74) is 1.92. The van der Waals surface area contributed by atoms with Gasteiger partial charge in [-0.1, -0.05) is 36.5 Å². The Morgan fingerprint density at radius 2 is 1.92 bits per heavy atom. The van der Waals surface area contributed by atoms with Crippen molar-refractivity contribution >= 4 is 5.97 Å². The molecule has 0 aromatic rings. The molecule has 0 bridgehead atoms. The van der Waals surface area contributed by atoms with Gasteiger partial charge >= 0.3 is 5.97 Å². The second kappa shape index (κ2) is 6.23. The molecule has 72 valence electrons. The van der Waals surface area contributed by atoms with E-state index >= 15 is 0 Å². The van der Waals surface area contributed by atoms with Gasteiger partial charge in [0.2, 0.25) is 0 Å². The summed E-state index contributed by atoms with van der Waals surface area (Å²) in [6.07, 6.45) is 5.35. The Kier molecular flexibility index (Phi) is 5.60. The third kappa shape index (κ3) is 8.60. The molecule has 0 rings (SSSR count). The molecule has 0 saturated carbocycles. The van der Waals surface area contributed by atoms with Gasteiger partial charge in [-0.25, -0.2) is 0 Å². The van der Waals surface area contributed by atoms with Gasteiger partial charge in [0.1, 0.15) is 0 Å². The van der Waals surface area contributed by atoms with E-state index in [0.717, 1.165) is 17.6 Å². The first-order valence-electron chi connectivity index (χ1n) is 4.25. The van der Waals surface area contributed by atoms with Crippen molar-refractivity contribution < 1.29 is 9.90 Å². The second-order valence-corrected chi connectivity index (χ2v) is 3.09. The number of carbonyl (C=O) groups is 1. The highest BCUT2D eigenvalue weighted by atomic mass is 16.4. The van der Waals surface area contributed by atoms with Gasteiger partial charge in [-0.15, -0.1) is 0 Å². The van der Waals surface area contributed by atoms with E-state index in [9.17, 15) is 4.79 Å². The molecule has 0 unspecified atom stereocenters.